The Bertz CT molecular complexity index is 2510. The van der Waals surface area contributed by atoms with Gasteiger partial charge in [0.2, 0.25) is 0 Å². The number of para-hydroxylation sites is 4. The lowest BCUT2D eigenvalue weighted by Gasteiger charge is -2.19. The van der Waals surface area contributed by atoms with Gasteiger partial charge in [0.05, 0.1) is 58.1 Å². The summed E-state index contributed by atoms with van der Waals surface area (Å²) in [7, 11) is 7.94. The van der Waals surface area contributed by atoms with Crippen LogP contribution >= 0.6 is 0 Å². The average molecular weight is 834 g/mol. The van der Waals surface area contributed by atoms with Crippen LogP contribution in [0, 0.1) is 0 Å². The zero-order chi connectivity index (χ0) is 44.2. The van der Waals surface area contributed by atoms with E-state index in [2.05, 4.69) is 12.1 Å². The molecule has 0 saturated heterocycles. The fourth-order valence-corrected chi connectivity index (χ4v) is 7.06. The van der Waals surface area contributed by atoms with Gasteiger partial charge in [0.1, 0.15) is 28.7 Å². The Morgan fingerprint density at radius 2 is 0.887 bits per heavy atom. The Morgan fingerprint density at radius 1 is 0.484 bits per heavy atom. The molecule has 6 aromatic carbocycles. The van der Waals surface area contributed by atoms with E-state index in [4.69, 9.17) is 28.7 Å². The normalized spacial score (nSPS) is 10.6. The van der Waals surface area contributed by atoms with Crippen LogP contribution < -0.4 is 23.7 Å². The number of phenols is 3. The van der Waals surface area contributed by atoms with Crippen molar-refractivity contribution in [2.24, 2.45) is 0 Å². The average Bonchev–Trinajstić information content (AvgIpc) is 3.32. The summed E-state index contributed by atoms with van der Waals surface area (Å²) in [5.74, 6) is 0.210. The molecule has 0 radical (unpaired) electrons. The maximum absolute atomic E-state index is 13.1. The van der Waals surface area contributed by atoms with Crippen molar-refractivity contribution in [3.05, 3.63) is 162 Å². The van der Waals surface area contributed by atoms with E-state index < -0.39 is 23.2 Å². The summed E-state index contributed by atoms with van der Waals surface area (Å²) < 4.78 is 27.0. The zero-order valence-electron chi connectivity index (χ0n) is 35.0. The minimum atomic E-state index is -0.692. The second-order valence-electron chi connectivity index (χ2n) is 14.0. The molecule has 11 heteroatoms. The quantitative estimate of drug-likeness (QED) is 0.0668. The van der Waals surface area contributed by atoms with E-state index in [-0.39, 0.29) is 24.4 Å². The summed E-state index contributed by atoms with van der Waals surface area (Å²) in [6.45, 7) is 0. The fourth-order valence-electron chi connectivity index (χ4n) is 7.06. The van der Waals surface area contributed by atoms with E-state index in [0.717, 1.165) is 50.9 Å². The lowest BCUT2D eigenvalue weighted by molar-refractivity contribution is 0.0941. The predicted octanol–water partition coefficient (Wildman–Crippen LogP) is 10.6. The highest BCUT2D eigenvalue weighted by Crippen LogP contribution is 2.41. The molecule has 316 valence electrons. The van der Waals surface area contributed by atoms with Gasteiger partial charge in [-0.2, -0.15) is 0 Å². The number of hydrogen-bond acceptors (Lipinski definition) is 11. The van der Waals surface area contributed by atoms with E-state index in [1.807, 2.05) is 72.8 Å². The molecule has 0 bridgehead atoms. The van der Waals surface area contributed by atoms with Gasteiger partial charge in [0, 0.05) is 24.0 Å². The summed E-state index contributed by atoms with van der Waals surface area (Å²) in [5.41, 5.74) is 6.72. The van der Waals surface area contributed by atoms with Crippen molar-refractivity contribution >= 4 is 11.6 Å². The molecule has 11 nitrogen and oxygen atoms in total. The number of ether oxygens (including phenoxy) is 5. The Hall–Kier alpha value is -7.79. The predicted molar refractivity (Wildman–Crippen MR) is 238 cm³/mol. The molecule has 0 aliphatic heterocycles. The highest BCUT2D eigenvalue weighted by atomic mass is 16.5. The first-order chi connectivity index (χ1) is 30.1. The Labute approximate surface area is 360 Å². The first-order valence-corrected chi connectivity index (χ1v) is 19.6. The molecule has 62 heavy (non-hydrogen) atoms. The molecule has 0 aliphatic carbocycles. The third-order valence-corrected chi connectivity index (χ3v) is 10.3. The summed E-state index contributed by atoms with van der Waals surface area (Å²) >= 11 is 0. The minimum Gasteiger partial charge on any atom is -0.504 e. The molecular formula is C51H47NO10. The third kappa shape index (κ3) is 10.1. The van der Waals surface area contributed by atoms with E-state index in [9.17, 15) is 24.9 Å². The molecule has 1 aromatic heterocycles. The number of carbonyl (C=O) groups is 2. The van der Waals surface area contributed by atoms with Crippen molar-refractivity contribution in [1.82, 2.24) is 4.98 Å². The molecule has 0 fully saturated rings. The van der Waals surface area contributed by atoms with E-state index in [0.29, 0.717) is 28.2 Å². The Balaban J connectivity index is 0.000000207. The monoisotopic (exact) mass is 833 g/mol. The van der Waals surface area contributed by atoms with Crippen LogP contribution in [0.4, 0.5) is 0 Å². The third-order valence-electron chi connectivity index (χ3n) is 10.3. The minimum absolute atomic E-state index is 0.0923. The zero-order valence-corrected chi connectivity index (χ0v) is 35.0. The highest BCUT2D eigenvalue weighted by Gasteiger charge is 2.26. The van der Waals surface area contributed by atoms with Crippen LogP contribution in [0.5, 0.6) is 46.0 Å². The standard InChI is InChI=1S/C26H23NO3.C25H24O7/c1-28-20-14-12-18(13-15-20)19-16-23(21-8-4-6-10-25(21)29-2)27-24(17-19)22-9-5-7-11-26(22)30-3;1-31-23-9-5-3-7-17(23)19(26)11-15(16-13-21(28)25(30)22(29)14-16)12-20(27)18-8-4-6-10-24(18)32-2/h4-17H,1-3H3;3-10,13-15,28-30H,11-12H2,1-2H3. The number of aromatic hydroxyl groups is 3. The molecule has 7 aromatic rings. The SMILES string of the molecule is COc1ccc(-c2cc(-c3ccccc3OC)nc(-c3ccccc3OC)c2)cc1.COc1ccccc1C(=O)CC(CC(=O)c1ccccc1OC)c1cc(O)c(O)c(O)c1. The van der Waals surface area contributed by atoms with E-state index in [1.54, 1.807) is 69.9 Å². The number of rotatable bonds is 15. The number of aromatic nitrogens is 1. The van der Waals surface area contributed by atoms with E-state index >= 15 is 0 Å². The number of nitrogens with zero attached hydrogens (tertiary/aromatic N) is 1. The van der Waals surface area contributed by atoms with Crippen LogP contribution in [0.2, 0.25) is 0 Å². The van der Waals surface area contributed by atoms with Crippen LogP contribution in [-0.4, -0.2) is 67.4 Å². The van der Waals surface area contributed by atoms with Gasteiger partial charge in [-0.05, 0) is 108 Å². The van der Waals surface area contributed by atoms with Crippen molar-refractivity contribution < 1.29 is 48.6 Å². The number of benzene rings is 6. The van der Waals surface area contributed by atoms with Crippen LogP contribution in [0.3, 0.4) is 0 Å². The molecule has 0 amide bonds. The summed E-state index contributed by atoms with van der Waals surface area (Å²) in [6, 6.07) is 44.0. The molecule has 0 spiro atoms. The second-order valence-corrected chi connectivity index (χ2v) is 14.0. The molecule has 3 N–H and O–H groups in total. The second kappa shape index (κ2) is 20.5. The first kappa shape index (κ1) is 43.8. The van der Waals surface area contributed by atoms with Crippen LogP contribution in [-0.2, 0) is 0 Å². The van der Waals surface area contributed by atoms with Gasteiger partial charge in [0.15, 0.2) is 28.8 Å². The summed E-state index contributed by atoms with van der Waals surface area (Å²) in [4.78, 5) is 31.2. The van der Waals surface area contributed by atoms with Crippen LogP contribution in [0.1, 0.15) is 45.0 Å². The van der Waals surface area contributed by atoms with Gasteiger partial charge in [-0.3, -0.25) is 9.59 Å². The van der Waals surface area contributed by atoms with Gasteiger partial charge in [-0.15, -0.1) is 0 Å². The Morgan fingerprint density at radius 3 is 1.31 bits per heavy atom. The van der Waals surface area contributed by atoms with Crippen LogP contribution in [0.25, 0.3) is 33.6 Å². The number of methoxy groups -OCH3 is 5. The summed E-state index contributed by atoms with van der Waals surface area (Å²) in [6.07, 6.45) is -0.185. The number of phenolic OH excluding ortho intramolecular Hbond substituents is 3. The van der Waals surface area contributed by atoms with Crippen molar-refractivity contribution in [2.45, 2.75) is 18.8 Å². The van der Waals surface area contributed by atoms with Crippen molar-refractivity contribution in [2.75, 3.05) is 35.5 Å². The number of Topliss-reactive ketones (excluding diaryl/α,β-unsaturated/α-hetero) is 2. The van der Waals surface area contributed by atoms with Crippen LogP contribution in [0.15, 0.2) is 146 Å². The van der Waals surface area contributed by atoms with Gasteiger partial charge >= 0.3 is 0 Å². The molecule has 0 aliphatic rings. The van der Waals surface area contributed by atoms with Crippen molar-refractivity contribution in [1.29, 1.82) is 0 Å². The number of hydrogen-bond donors (Lipinski definition) is 3. The smallest absolute Gasteiger partial charge is 0.200 e. The largest absolute Gasteiger partial charge is 0.504 e. The number of pyridine rings is 1. The Kier molecular flexibility index (Phi) is 14.4. The highest BCUT2D eigenvalue weighted by molar-refractivity contribution is 6.02. The molecule has 1 heterocycles. The van der Waals surface area contributed by atoms with Crippen molar-refractivity contribution in [3.63, 3.8) is 0 Å². The number of carbonyl (C=O) groups excluding carboxylic acids is 2. The summed E-state index contributed by atoms with van der Waals surface area (Å²) in [5, 5.41) is 29.7. The number of ketones is 2. The lowest BCUT2D eigenvalue weighted by Crippen LogP contribution is -2.14. The van der Waals surface area contributed by atoms with Gasteiger partial charge in [-0.25, -0.2) is 4.98 Å². The lowest BCUT2D eigenvalue weighted by atomic mass is 9.85. The molecule has 0 atom stereocenters. The first-order valence-electron chi connectivity index (χ1n) is 19.6. The van der Waals surface area contributed by atoms with Crippen molar-refractivity contribution in [3.8, 4) is 79.6 Å². The molecule has 0 unspecified atom stereocenters. The van der Waals surface area contributed by atoms with Gasteiger partial charge in [-0.1, -0.05) is 60.7 Å². The van der Waals surface area contributed by atoms with Gasteiger partial charge < -0.3 is 39.0 Å². The topological polar surface area (TPSA) is 154 Å². The molecular weight excluding hydrogens is 787 g/mol. The maximum Gasteiger partial charge on any atom is 0.200 e. The molecule has 0 saturated carbocycles. The van der Waals surface area contributed by atoms with Gasteiger partial charge in [0.25, 0.3) is 0 Å². The maximum atomic E-state index is 13.1. The van der Waals surface area contributed by atoms with E-state index in [1.165, 1.54) is 26.4 Å². The fraction of sp³-hybridized carbons (Fsp3) is 0.157. The molecule has 7 rings (SSSR count).